The maximum absolute atomic E-state index is 13.2. The molecule has 9 nitrogen and oxygen atoms in total. The highest BCUT2D eigenvalue weighted by Crippen LogP contribution is 2.26. The summed E-state index contributed by atoms with van der Waals surface area (Å²) in [4.78, 5) is 27.9. The molecule has 0 N–H and O–H groups in total. The summed E-state index contributed by atoms with van der Waals surface area (Å²) in [6.07, 6.45) is 7.76. The third-order valence-electron chi connectivity index (χ3n) is 7.12. The number of fused-ring (bicyclic) bond motifs is 1. The second kappa shape index (κ2) is 9.97. The van der Waals surface area contributed by atoms with Crippen LogP contribution in [0.5, 0.6) is 0 Å². The van der Waals surface area contributed by atoms with Crippen molar-refractivity contribution in [3.05, 3.63) is 47.8 Å². The molecule has 2 aliphatic heterocycles. The molecule has 0 saturated carbocycles. The number of hydrogen-bond acceptors (Lipinski definition) is 7. The number of anilines is 1. The Morgan fingerprint density at radius 3 is 2.24 bits per heavy atom. The van der Waals surface area contributed by atoms with Crippen molar-refractivity contribution in [2.45, 2.75) is 30.6 Å². The van der Waals surface area contributed by atoms with Gasteiger partial charge in [-0.2, -0.15) is 4.31 Å². The minimum absolute atomic E-state index is 0.0650. The van der Waals surface area contributed by atoms with Crippen LogP contribution in [-0.4, -0.2) is 97.3 Å². The highest BCUT2D eigenvalue weighted by Gasteiger charge is 2.31. The smallest absolute Gasteiger partial charge is 0.243 e. The van der Waals surface area contributed by atoms with Crippen molar-refractivity contribution in [3.8, 4) is 0 Å². The van der Waals surface area contributed by atoms with Crippen LogP contribution in [0.4, 0.5) is 5.95 Å². The molecular weight excluding hydrogens is 452 g/mol. The van der Waals surface area contributed by atoms with Crippen LogP contribution in [0.25, 0.3) is 0 Å². The Labute approximate surface area is 201 Å². The zero-order valence-corrected chi connectivity index (χ0v) is 20.3. The number of aryl methyl sites for hydroxylation is 2. The van der Waals surface area contributed by atoms with Gasteiger partial charge in [-0.15, -0.1) is 0 Å². The molecule has 1 aliphatic carbocycles. The predicted octanol–water partition coefficient (Wildman–Crippen LogP) is 1.01. The van der Waals surface area contributed by atoms with Crippen LogP contribution >= 0.6 is 0 Å². The highest BCUT2D eigenvalue weighted by atomic mass is 32.2. The van der Waals surface area contributed by atoms with Crippen molar-refractivity contribution < 1.29 is 13.2 Å². The van der Waals surface area contributed by atoms with Gasteiger partial charge in [0, 0.05) is 64.8 Å². The largest absolute Gasteiger partial charge is 0.339 e. The fourth-order valence-electron chi connectivity index (χ4n) is 5.05. The second-order valence-corrected chi connectivity index (χ2v) is 11.2. The minimum atomic E-state index is -3.54. The number of rotatable bonds is 5. The van der Waals surface area contributed by atoms with E-state index in [0.29, 0.717) is 37.6 Å². The number of aromatic nitrogens is 2. The van der Waals surface area contributed by atoms with Crippen LogP contribution in [0.2, 0.25) is 0 Å². The summed E-state index contributed by atoms with van der Waals surface area (Å²) >= 11 is 0. The Hall–Kier alpha value is -2.56. The van der Waals surface area contributed by atoms with Gasteiger partial charge >= 0.3 is 0 Å². The standard InChI is InChI=1S/C24H32N6O3S/c31-23(19-27-10-12-29(13-11-27)24-25-8-3-9-26-24)28-14-16-30(17-15-28)34(32,33)22-7-6-20-4-1-2-5-21(20)18-22/h3,6-9,18H,1-2,4-5,10-17,19H2. The first-order valence-corrected chi connectivity index (χ1v) is 13.6. The SMILES string of the molecule is O=C(CN1CCN(c2ncccn2)CC1)N1CCN(S(=O)(=O)c2ccc3c(c2)CCCC3)CC1. The van der Waals surface area contributed by atoms with Gasteiger partial charge in [-0.1, -0.05) is 6.07 Å². The molecule has 2 saturated heterocycles. The highest BCUT2D eigenvalue weighted by molar-refractivity contribution is 7.89. The third-order valence-corrected chi connectivity index (χ3v) is 9.01. The molecular formula is C24H32N6O3S. The summed E-state index contributed by atoms with van der Waals surface area (Å²) in [5.74, 6) is 0.792. The lowest BCUT2D eigenvalue weighted by atomic mass is 9.92. The zero-order chi connectivity index (χ0) is 23.5. The van der Waals surface area contributed by atoms with Crippen molar-refractivity contribution in [2.24, 2.45) is 0 Å². The number of carbonyl (C=O) groups is 1. The molecule has 0 spiro atoms. The summed E-state index contributed by atoms with van der Waals surface area (Å²) in [6.45, 7) is 5.01. The maximum atomic E-state index is 13.2. The first-order valence-electron chi connectivity index (χ1n) is 12.1. The van der Waals surface area contributed by atoms with Gasteiger partial charge in [0.2, 0.25) is 21.9 Å². The lowest BCUT2D eigenvalue weighted by Gasteiger charge is -2.37. The van der Waals surface area contributed by atoms with Crippen LogP contribution in [0.3, 0.4) is 0 Å². The Morgan fingerprint density at radius 1 is 0.853 bits per heavy atom. The van der Waals surface area contributed by atoms with Gasteiger partial charge in [0.15, 0.2) is 0 Å². The third kappa shape index (κ3) is 4.94. The van der Waals surface area contributed by atoms with E-state index in [9.17, 15) is 13.2 Å². The fourth-order valence-corrected chi connectivity index (χ4v) is 6.52. The van der Waals surface area contributed by atoms with Crippen LogP contribution in [0, 0.1) is 0 Å². The second-order valence-electron chi connectivity index (χ2n) is 9.23. The van der Waals surface area contributed by atoms with E-state index >= 15 is 0 Å². The molecule has 34 heavy (non-hydrogen) atoms. The lowest BCUT2D eigenvalue weighted by Crippen LogP contribution is -2.54. The van der Waals surface area contributed by atoms with Gasteiger partial charge in [-0.3, -0.25) is 9.69 Å². The average Bonchev–Trinajstić information content (AvgIpc) is 2.89. The Bertz CT molecular complexity index is 1110. The number of amides is 1. The van der Waals surface area contributed by atoms with E-state index < -0.39 is 10.0 Å². The quantitative estimate of drug-likeness (QED) is 0.626. The van der Waals surface area contributed by atoms with E-state index in [1.165, 1.54) is 21.9 Å². The van der Waals surface area contributed by atoms with E-state index in [-0.39, 0.29) is 5.91 Å². The van der Waals surface area contributed by atoms with E-state index in [4.69, 9.17) is 0 Å². The Morgan fingerprint density at radius 2 is 1.53 bits per heavy atom. The summed E-state index contributed by atoms with van der Waals surface area (Å²) in [6, 6.07) is 7.39. The molecule has 2 fully saturated rings. The molecule has 0 unspecified atom stereocenters. The van der Waals surface area contributed by atoms with Crippen LogP contribution in [-0.2, 0) is 27.7 Å². The molecule has 5 rings (SSSR count). The first-order chi connectivity index (χ1) is 16.5. The van der Waals surface area contributed by atoms with Crippen LogP contribution in [0.15, 0.2) is 41.6 Å². The molecule has 0 atom stereocenters. The van der Waals surface area contributed by atoms with Gasteiger partial charge < -0.3 is 9.80 Å². The Balaban J connectivity index is 1.12. The number of hydrogen-bond donors (Lipinski definition) is 0. The van der Waals surface area contributed by atoms with E-state index in [1.807, 2.05) is 12.1 Å². The van der Waals surface area contributed by atoms with Gasteiger partial charge in [0.05, 0.1) is 11.4 Å². The maximum Gasteiger partial charge on any atom is 0.243 e. The summed E-state index contributed by atoms with van der Waals surface area (Å²) < 4.78 is 28.0. The van der Waals surface area contributed by atoms with Gasteiger partial charge in [0.1, 0.15) is 0 Å². The number of nitrogens with zero attached hydrogens (tertiary/aromatic N) is 6. The van der Waals surface area contributed by atoms with Crippen molar-refractivity contribution in [1.82, 2.24) is 24.1 Å². The molecule has 2 aromatic rings. The molecule has 3 aliphatic rings. The van der Waals surface area contributed by atoms with Crippen LogP contribution < -0.4 is 4.90 Å². The molecule has 1 aromatic heterocycles. The van der Waals surface area contributed by atoms with E-state index in [2.05, 4.69) is 19.8 Å². The molecule has 1 amide bonds. The Kier molecular flexibility index (Phi) is 6.80. The van der Waals surface area contributed by atoms with Crippen molar-refractivity contribution in [1.29, 1.82) is 0 Å². The normalized spacial score (nSPS) is 20.2. The predicted molar refractivity (Wildman–Crippen MR) is 129 cm³/mol. The van der Waals surface area contributed by atoms with Gasteiger partial charge in [-0.25, -0.2) is 18.4 Å². The molecule has 3 heterocycles. The summed E-state index contributed by atoms with van der Waals surface area (Å²) in [5.41, 5.74) is 2.44. The molecule has 1 aromatic carbocycles. The number of benzene rings is 1. The fraction of sp³-hybridized carbons (Fsp3) is 0.542. The lowest BCUT2D eigenvalue weighted by molar-refractivity contribution is -0.133. The molecule has 182 valence electrons. The average molecular weight is 485 g/mol. The summed E-state index contributed by atoms with van der Waals surface area (Å²) in [7, 11) is -3.54. The zero-order valence-electron chi connectivity index (χ0n) is 19.5. The first kappa shape index (κ1) is 23.2. The molecule has 0 bridgehead atoms. The van der Waals surface area contributed by atoms with Gasteiger partial charge in [-0.05, 0) is 55.0 Å². The van der Waals surface area contributed by atoms with Crippen molar-refractivity contribution >= 4 is 21.9 Å². The monoisotopic (exact) mass is 484 g/mol. The number of piperazine rings is 2. The van der Waals surface area contributed by atoms with Crippen LogP contribution in [0.1, 0.15) is 24.0 Å². The van der Waals surface area contributed by atoms with Gasteiger partial charge in [0.25, 0.3) is 0 Å². The molecule has 0 radical (unpaired) electrons. The molecule has 10 heteroatoms. The van der Waals surface area contributed by atoms with Crippen molar-refractivity contribution in [2.75, 3.05) is 63.8 Å². The minimum Gasteiger partial charge on any atom is -0.339 e. The van der Waals surface area contributed by atoms with E-state index in [1.54, 1.807) is 29.4 Å². The van der Waals surface area contributed by atoms with E-state index in [0.717, 1.165) is 51.4 Å². The van der Waals surface area contributed by atoms with Crippen molar-refractivity contribution in [3.63, 3.8) is 0 Å². The topological polar surface area (TPSA) is 90.0 Å². The number of sulfonamides is 1. The number of carbonyl (C=O) groups excluding carboxylic acids is 1. The summed E-state index contributed by atoms with van der Waals surface area (Å²) in [5, 5.41) is 0.